The maximum Gasteiger partial charge on any atom is 0.236 e. The molecule has 0 spiro atoms. The number of nitrogens with one attached hydrogen (secondary N) is 1. The van der Waals surface area contributed by atoms with Gasteiger partial charge in [0.25, 0.3) is 0 Å². The zero-order chi connectivity index (χ0) is 22.9. The highest BCUT2D eigenvalue weighted by Crippen LogP contribution is 2.35. The van der Waals surface area contributed by atoms with Crippen molar-refractivity contribution in [2.24, 2.45) is 17.6 Å². The minimum Gasteiger partial charge on any atom is -0.369 e. The number of carbonyl (C=O) groups excluding carboxylic acids is 2. The number of pyridine rings is 2. The number of carbonyl (C=O) groups is 2. The van der Waals surface area contributed by atoms with Crippen molar-refractivity contribution in [1.29, 1.82) is 0 Å². The van der Waals surface area contributed by atoms with Crippen molar-refractivity contribution in [1.82, 2.24) is 24.8 Å². The number of aromatic amines is 1. The van der Waals surface area contributed by atoms with Gasteiger partial charge in [-0.1, -0.05) is 0 Å². The first-order valence-corrected chi connectivity index (χ1v) is 11.6. The molecular formula is C24H29N6O3. The van der Waals surface area contributed by atoms with E-state index < -0.39 is 11.8 Å². The van der Waals surface area contributed by atoms with Crippen LogP contribution in [-0.4, -0.2) is 75.9 Å². The Morgan fingerprint density at radius 3 is 2.70 bits per heavy atom. The molecular weight excluding hydrogens is 420 g/mol. The molecule has 173 valence electrons. The highest BCUT2D eigenvalue weighted by atomic mass is 16.3. The van der Waals surface area contributed by atoms with Gasteiger partial charge in [0.15, 0.2) is 0 Å². The molecule has 2 saturated heterocycles. The molecule has 2 fully saturated rings. The van der Waals surface area contributed by atoms with Crippen LogP contribution < -0.4 is 5.73 Å². The quantitative estimate of drug-likeness (QED) is 0.612. The highest BCUT2D eigenvalue weighted by molar-refractivity contribution is 6.05. The number of nitrogens with two attached hydrogens (primary N) is 1. The standard InChI is InChI=1S/C24H29N6O3/c25-23(33)18-5-10-30(12-16(18)14-31)21(32)13-29-8-3-15(4-9-29)17-1-6-26-20-11-28-24-19(22(17)20)2-7-27-24/h1-2,6-7,11,15-16,18H,3-5,8-10,12-14H2,(H2,25,33)(H,27,28). The van der Waals surface area contributed by atoms with Gasteiger partial charge < -0.3 is 15.6 Å². The van der Waals surface area contributed by atoms with E-state index in [-0.39, 0.29) is 18.4 Å². The predicted octanol–water partition coefficient (Wildman–Crippen LogP) is 1.67. The number of piperidine rings is 2. The number of primary amides is 1. The second-order valence-electron chi connectivity index (χ2n) is 9.27. The number of rotatable bonds is 5. The van der Waals surface area contributed by atoms with Crippen molar-refractivity contribution < 1.29 is 14.7 Å². The van der Waals surface area contributed by atoms with Gasteiger partial charge in [-0.25, -0.2) is 10.1 Å². The van der Waals surface area contributed by atoms with Gasteiger partial charge in [0, 0.05) is 48.1 Å². The van der Waals surface area contributed by atoms with Gasteiger partial charge >= 0.3 is 0 Å². The van der Waals surface area contributed by atoms with E-state index >= 15 is 0 Å². The predicted molar refractivity (Wildman–Crippen MR) is 123 cm³/mol. The first-order chi connectivity index (χ1) is 16.0. The molecule has 2 atom stereocenters. The molecule has 3 aromatic heterocycles. The fourth-order valence-electron chi connectivity index (χ4n) is 5.52. The van der Waals surface area contributed by atoms with Crippen molar-refractivity contribution in [3.05, 3.63) is 36.3 Å². The summed E-state index contributed by atoms with van der Waals surface area (Å²) in [6.07, 6.45) is 8.00. The summed E-state index contributed by atoms with van der Waals surface area (Å²) in [5, 5.41) is 13.8. The molecule has 1 radical (unpaired) electrons. The van der Waals surface area contributed by atoms with Gasteiger partial charge in [-0.2, -0.15) is 0 Å². The smallest absolute Gasteiger partial charge is 0.236 e. The molecule has 5 heterocycles. The van der Waals surface area contributed by atoms with Crippen LogP contribution in [-0.2, 0) is 14.7 Å². The molecule has 5 rings (SSSR count). The Morgan fingerprint density at radius 1 is 1.12 bits per heavy atom. The third kappa shape index (κ3) is 4.18. The van der Waals surface area contributed by atoms with E-state index in [1.807, 2.05) is 18.6 Å². The minimum atomic E-state index is -0.429. The second-order valence-corrected chi connectivity index (χ2v) is 9.27. The lowest BCUT2D eigenvalue weighted by molar-refractivity contribution is -0.139. The molecule has 0 aliphatic carbocycles. The van der Waals surface area contributed by atoms with Crippen LogP contribution in [0.15, 0.2) is 30.7 Å². The van der Waals surface area contributed by atoms with E-state index in [0.29, 0.717) is 32.0 Å². The molecule has 2 aliphatic heterocycles. The van der Waals surface area contributed by atoms with Gasteiger partial charge in [0.05, 0.1) is 24.9 Å². The number of fused-ring (bicyclic) bond motifs is 3. The normalized spacial score (nSPS) is 22.8. The average molecular weight is 450 g/mol. The summed E-state index contributed by atoms with van der Waals surface area (Å²) in [6, 6.07) is 4.17. The van der Waals surface area contributed by atoms with Gasteiger partial charge in [-0.15, -0.1) is 0 Å². The van der Waals surface area contributed by atoms with E-state index in [1.54, 1.807) is 4.90 Å². The molecule has 0 bridgehead atoms. The monoisotopic (exact) mass is 449 g/mol. The number of nitrogens with zero attached hydrogens (tertiary/aromatic N) is 4. The summed E-state index contributed by atoms with van der Waals surface area (Å²) in [6.45, 7) is 2.46. The molecule has 2 aliphatic rings. The molecule has 9 nitrogen and oxygen atoms in total. The topological polar surface area (TPSA) is 128 Å². The Kier molecular flexibility index (Phi) is 5.99. The van der Waals surface area contributed by atoms with E-state index in [1.165, 1.54) is 10.9 Å². The number of hydrogen-bond donors (Lipinski definition) is 2. The summed E-state index contributed by atoms with van der Waals surface area (Å²) in [4.78, 5) is 40.5. The Balaban J connectivity index is 1.23. The van der Waals surface area contributed by atoms with Crippen LogP contribution in [0, 0.1) is 11.8 Å². The summed E-state index contributed by atoms with van der Waals surface area (Å²) < 4.78 is 0. The summed E-state index contributed by atoms with van der Waals surface area (Å²) in [5.74, 6) is -0.797. The van der Waals surface area contributed by atoms with Gasteiger partial charge in [0.1, 0.15) is 5.65 Å². The summed E-state index contributed by atoms with van der Waals surface area (Å²) in [7, 11) is 0. The average Bonchev–Trinajstić information content (AvgIpc) is 3.33. The summed E-state index contributed by atoms with van der Waals surface area (Å²) >= 11 is 0. The van der Waals surface area contributed by atoms with Crippen molar-refractivity contribution in [2.45, 2.75) is 25.2 Å². The van der Waals surface area contributed by atoms with Crippen molar-refractivity contribution in [3.63, 3.8) is 0 Å². The fraction of sp³-hybridized carbons (Fsp3) is 0.500. The Morgan fingerprint density at radius 2 is 1.94 bits per heavy atom. The first-order valence-electron chi connectivity index (χ1n) is 11.6. The maximum absolute atomic E-state index is 12.9. The molecule has 9 heteroatoms. The highest BCUT2D eigenvalue weighted by Gasteiger charge is 2.35. The van der Waals surface area contributed by atoms with E-state index in [9.17, 15) is 14.7 Å². The Bertz CT molecular complexity index is 1170. The lowest BCUT2D eigenvalue weighted by Crippen LogP contribution is -2.51. The van der Waals surface area contributed by atoms with Crippen LogP contribution in [0.25, 0.3) is 21.9 Å². The molecule has 33 heavy (non-hydrogen) atoms. The molecule has 3 aromatic rings. The lowest BCUT2D eigenvalue weighted by atomic mass is 9.85. The Hall–Kier alpha value is -3.04. The minimum absolute atomic E-state index is 0.0317. The second kappa shape index (κ2) is 9.07. The lowest BCUT2D eigenvalue weighted by Gasteiger charge is -2.38. The third-order valence-corrected chi connectivity index (χ3v) is 7.38. The largest absolute Gasteiger partial charge is 0.369 e. The summed E-state index contributed by atoms with van der Waals surface area (Å²) in [5.41, 5.74) is 8.50. The van der Waals surface area contributed by atoms with Gasteiger partial charge in [-0.3, -0.25) is 19.5 Å². The van der Waals surface area contributed by atoms with E-state index in [2.05, 4.69) is 32.0 Å². The van der Waals surface area contributed by atoms with E-state index in [0.717, 1.165) is 42.5 Å². The number of amides is 2. The van der Waals surface area contributed by atoms with Crippen molar-refractivity contribution >= 4 is 33.8 Å². The van der Waals surface area contributed by atoms with Crippen molar-refractivity contribution in [3.8, 4) is 0 Å². The number of aromatic nitrogens is 3. The maximum atomic E-state index is 12.9. The Labute approximate surface area is 192 Å². The third-order valence-electron chi connectivity index (χ3n) is 7.38. The SMILES string of the molecule is NC(=O)C1CCN(C(=O)CN2CCC(c3ccnc4cnc5[nH]ccc5c34)CC2)CC1C[O]. The zero-order valence-corrected chi connectivity index (χ0v) is 18.6. The van der Waals surface area contributed by atoms with E-state index in [4.69, 9.17) is 5.73 Å². The molecule has 3 N–H and O–H groups in total. The first kappa shape index (κ1) is 21.8. The molecule has 2 amide bonds. The fourth-order valence-corrected chi connectivity index (χ4v) is 5.52. The molecule has 0 saturated carbocycles. The molecule has 2 unspecified atom stereocenters. The van der Waals surface area contributed by atoms with Gasteiger partial charge in [-0.05, 0) is 56.0 Å². The van der Waals surface area contributed by atoms with Crippen LogP contribution in [0.4, 0.5) is 0 Å². The van der Waals surface area contributed by atoms with Crippen LogP contribution >= 0.6 is 0 Å². The molecule has 0 aromatic carbocycles. The van der Waals surface area contributed by atoms with Gasteiger partial charge in [0.2, 0.25) is 11.8 Å². The van der Waals surface area contributed by atoms with Crippen LogP contribution in [0.1, 0.15) is 30.7 Å². The number of hydrogen-bond acceptors (Lipinski definition) is 5. The zero-order valence-electron chi connectivity index (χ0n) is 18.6. The number of likely N-dealkylation sites (tertiary alicyclic amines) is 2. The van der Waals surface area contributed by atoms with Crippen LogP contribution in [0.3, 0.4) is 0 Å². The van der Waals surface area contributed by atoms with Crippen LogP contribution in [0.5, 0.6) is 0 Å². The van der Waals surface area contributed by atoms with Crippen molar-refractivity contribution in [2.75, 3.05) is 39.3 Å². The van der Waals surface area contributed by atoms with Crippen LogP contribution in [0.2, 0.25) is 0 Å². The number of H-pyrrole nitrogens is 1.